The number of benzene rings is 1. The van der Waals surface area contributed by atoms with Crippen LogP contribution in [0, 0.1) is 11.6 Å². The van der Waals surface area contributed by atoms with Gasteiger partial charge in [0.2, 0.25) is 0 Å². The van der Waals surface area contributed by atoms with E-state index >= 15 is 0 Å². The lowest BCUT2D eigenvalue weighted by Crippen LogP contribution is -2.07. The van der Waals surface area contributed by atoms with Crippen LogP contribution in [0.5, 0.6) is 5.75 Å². The largest absolute Gasteiger partial charge is 0.494 e. The zero-order valence-corrected chi connectivity index (χ0v) is 15.6. The average Bonchev–Trinajstić information content (AvgIpc) is 3.04. The Balaban J connectivity index is 1.81. The van der Waals surface area contributed by atoms with Crippen molar-refractivity contribution in [3.05, 3.63) is 71.1 Å². The highest BCUT2D eigenvalue weighted by atomic mass is 35.5. The first-order valence-electron chi connectivity index (χ1n) is 8.60. The molecule has 0 aliphatic heterocycles. The Bertz CT molecular complexity index is 1140. The third kappa shape index (κ3) is 3.41. The Morgan fingerprint density at radius 2 is 1.89 bits per heavy atom. The summed E-state index contributed by atoms with van der Waals surface area (Å²) in [7, 11) is 0. The number of hydrogen-bond donors (Lipinski definition) is 0. The van der Waals surface area contributed by atoms with Gasteiger partial charge in [-0.3, -0.25) is 14.6 Å². The van der Waals surface area contributed by atoms with Crippen LogP contribution in [-0.2, 0) is 6.54 Å². The number of fused-ring (bicyclic) bond motifs is 1. The molecular formula is C20H15ClF2N4O. The van der Waals surface area contributed by atoms with Gasteiger partial charge in [-0.1, -0.05) is 11.6 Å². The minimum absolute atomic E-state index is 0.0921. The zero-order chi connectivity index (χ0) is 19.7. The van der Waals surface area contributed by atoms with Gasteiger partial charge in [0.1, 0.15) is 23.1 Å². The van der Waals surface area contributed by atoms with Crippen molar-refractivity contribution in [1.82, 2.24) is 19.7 Å². The van der Waals surface area contributed by atoms with E-state index < -0.39 is 11.6 Å². The molecule has 1 aromatic carbocycles. The summed E-state index contributed by atoms with van der Waals surface area (Å²) >= 11 is 6.06. The maximum absolute atomic E-state index is 14.5. The van der Waals surface area contributed by atoms with Gasteiger partial charge in [0.25, 0.3) is 0 Å². The van der Waals surface area contributed by atoms with Gasteiger partial charge in [-0.2, -0.15) is 5.10 Å². The summed E-state index contributed by atoms with van der Waals surface area (Å²) in [5.41, 5.74) is 1.67. The van der Waals surface area contributed by atoms with Gasteiger partial charge in [0.15, 0.2) is 0 Å². The summed E-state index contributed by atoms with van der Waals surface area (Å²) < 4.78 is 35.7. The third-order valence-corrected chi connectivity index (χ3v) is 4.49. The standard InChI is InChI=1S/C20H15ClF2N4O/c1-2-28-13-8-16(22)15(17(23)9-13)11-27-19-4-5-24-10-14(19)20(26-27)18-7-12(21)3-6-25-18/h3-10H,2,11H2,1H3. The number of nitrogens with zero attached hydrogens (tertiary/aromatic N) is 4. The number of ether oxygens (including phenoxy) is 1. The van der Waals surface area contributed by atoms with E-state index in [4.69, 9.17) is 16.3 Å². The molecule has 0 saturated carbocycles. The van der Waals surface area contributed by atoms with Gasteiger partial charge in [0, 0.05) is 46.7 Å². The van der Waals surface area contributed by atoms with Crippen LogP contribution in [0.25, 0.3) is 22.3 Å². The lowest BCUT2D eigenvalue weighted by Gasteiger charge is -2.09. The van der Waals surface area contributed by atoms with Crippen LogP contribution < -0.4 is 4.74 Å². The molecule has 0 bridgehead atoms. The van der Waals surface area contributed by atoms with Crippen molar-refractivity contribution in [2.75, 3.05) is 6.61 Å². The summed E-state index contributed by atoms with van der Waals surface area (Å²) in [6, 6.07) is 7.43. The summed E-state index contributed by atoms with van der Waals surface area (Å²) in [4.78, 5) is 8.42. The summed E-state index contributed by atoms with van der Waals surface area (Å²) in [6.45, 7) is 1.98. The van der Waals surface area contributed by atoms with Crippen LogP contribution in [0.15, 0.2) is 48.9 Å². The molecule has 0 unspecified atom stereocenters. The van der Waals surface area contributed by atoms with Crippen molar-refractivity contribution < 1.29 is 13.5 Å². The molecule has 0 aliphatic carbocycles. The third-order valence-electron chi connectivity index (χ3n) is 4.25. The van der Waals surface area contributed by atoms with E-state index in [2.05, 4.69) is 15.1 Å². The van der Waals surface area contributed by atoms with Gasteiger partial charge in [-0.25, -0.2) is 8.78 Å². The predicted octanol–water partition coefficient (Wildman–Crippen LogP) is 4.87. The van der Waals surface area contributed by atoms with Gasteiger partial charge in [-0.15, -0.1) is 0 Å². The van der Waals surface area contributed by atoms with Crippen molar-refractivity contribution in [3.8, 4) is 17.1 Å². The summed E-state index contributed by atoms with van der Waals surface area (Å²) in [5, 5.41) is 5.75. The molecule has 142 valence electrons. The molecule has 0 saturated heterocycles. The van der Waals surface area contributed by atoms with Crippen molar-refractivity contribution in [1.29, 1.82) is 0 Å². The van der Waals surface area contributed by atoms with Crippen molar-refractivity contribution in [3.63, 3.8) is 0 Å². The number of halogens is 3. The molecule has 28 heavy (non-hydrogen) atoms. The molecule has 0 N–H and O–H groups in total. The van der Waals surface area contributed by atoms with Gasteiger partial charge in [-0.05, 0) is 25.1 Å². The monoisotopic (exact) mass is 400 g/mol. The minimum Gasteiger partial charge on any atom is -0.494 e. The molecule has 5 nitrogen and oxygen atoms in total. The van der Waals surface area contributed by atoms with Crippen LogP contribution in [0.2, 0.25) is 5.02 Å². The number of aromatic nitrogens is 4. The first kappa shape index (κ1) is 18.3. The maximum atomic E-state index is 14.5. The van der Waals surface area contributed by atoms with Crippen LogP contribution in [0.3, 0.4) is 0 Å². The SMILES string of the molecule is CCOc1cc(F)c(Cn2nc(-c3cc(Cl)ccn3)c3cnccc32)c(F)c1. The van der Waals surface area contributed by atoms with E-state index in [0.29, 0.717) is 33.9 Å². The molecule has 0 aliphatic rings. The molecule has 4 rings (SSSR count). The van der Waals surface area contributed by atoms with E-state index in [-0.39, 0.29) is 17.9 Å². The quantitative estimate of drug-likeness (QED) is 0.479. The lowest BCUT2D eigenvalue weighted by atomic mass is 10.1. The number of pyridine rings is 2. The topological polar surface area (TPSA) is 52.8 Å². The second-order valence-electron chi connectivity index (χ2n) is 6.06. The van der Waals surface area contributed by atoms with E-state index in [1.165, 1.54) is 16.8 Å². The molecule has 0 amide bonds. The Labute approximate surface area is 164 Å². The Morgan fingerprint density at radius 3 is 2.61 bits per heavy atom. The normalized spacial score (nSPS) is 11.1. The highest BCUT2D eigenvalue weighted by Gasteiger charge is 2.18. The molecule has 0 radical (unpaired) electrons. The number of rotatable bonds is 5. The van der Waals surface area contributed by atoms with Gasteiger partial charge in [0.05, 0.1) is 24.4 Å². The predicted molar refractivity (Wildman–Crippen MR) is 102 cm³/mol. The summed E-state index contributed by atoms with van der Waals surface area (Å²) in [5.74, 6) is -1.23. The second kappa shape index (κ2) is 7.52. The molecular weight excluding hydrogens is 386 g/mol. The van der Waals surface area contributed by atoms with Crippen LogP contribution in [0.1, 0.15) is 12.5 Å². The highest BCUT2D eigenvalue weighted by molar-refractivity contribution is 6.30. The first-order valence-corrected chi connectivity index (χ1v) is 8.97. The van der Waals surface area contributed by atoms with Crippen LogP contribution >= 0.6 is 11.6 Å². The van der Waals surface area contributed by atoms with Gasteiger partial charge >= 0.3 is 0 Å². The van der Waals surface area contributed by atoms with Gasteiger partial charge < -0.3 is 4.74 Å². The minimum atomic E-state index is -0.691. The molecule has 0 spiro atoms. The van der Waals surface area contributed by atoms with E-state index in [0.717, 1.165) is 0 Å². The summed E-state index contributed by atoms with van der Waals surface area (Å²) in [6.07, 6.45) is 4.81. The Kier molecular flexibility index (Phi) is 4.92. The van der Waals surface area contributed by atoms with Crippen LogP contribution in [-0.4, -0.2) is 26.4 Å². The van der Waals surface area contributed by atoms with Crippen molar-refractivity contribution >= 4 is 22.5 Å². The van der Waals surface area contributed by atoms with Crippen LogP contribution in [0.4, 0.5) is 8.78 Å². The smallest absolute Gasteiger partial charge is 0.134 e. The highest BCUT2D eigenvalue weighted by Crippen LogP contribution is 2.29. The fourth-order valence-electron chi connectivity index (χ4n) is 3.00. The van der Waals surface area contributed by atoms with E-state index in [1.807, 2.05) is 0 Å². The van der Waals surface area contributed by atoms with E-state index in [9.17, 15) is 8.78 Å². The zero-order valence-electron chi connectivity index (χ0n) is 14.9. The lowest BCUT2D eigenvalue weighted by molar-refractivity contribution is 0.335. The molecule has 0 atom stereocenters. The first-order chi connectivity index (χ1) is 13.6. The van der Waals surface area contributed by atoms with Crippen molar-refractivity contribution in [2.45, 2.75) is 13.5 Å². The fourth-order valence-corrected chi connectivity index (χ4v) is 3.16. The van der Waals surface area contributed by atoms with Crippen molar-refractivity contribution in [2.24, 2.45) is 0 Å². The molecule has 8 heteroatoms. The maximum Gasteiger partial charge on any atom is 0.134 e. The van der Waals surface area contributed by atoms with E-state index in [1.54, 1.807) is 43.7 Å². The molecule has 3 heterocycles. The average molecular weight is 401 g/mol. The fraction of sp³-hybridized carbons (Fsp3) is 0.150. The molecule has 0 fully saturated rings. The Morgan fingerprint density at radius 1 is 1.11 bits per heavy atom. The molecule has 4 aromatic rings. The number of hydrogen-bond acceptors (Lipinski definition) is 4. The Hall–Kier alpha value is -3.06. The molecule has 3 aromatic heterocycles. The second-order valence-corrected chi connectivity index (χ2v) is 6.49.